The molecule has 0 saturated carbocycles. The zero-order valence-corrected chi connectivity index (χ0v) is 16.0. The second-order valence-electron chi connectivity index (χ2n) is 5.56. The molecule has 25 heavy (non-hydrogen) atoms. The van der Waals surface area contributed by atoms with Gasteiger partial charge in [0, 0.05) is 18.1 Å². The molecule has 5 nitrogen and oxygen atoms in total. The van der Waals surface area contributed by atoms with Gasteiger partial charge in [0.2, 0.25) is 11.8 Å². The summed E-state index contributed by atoms with van der Waals surface area (Å²) < 4.78 is 18.8. The van der Waals surface area contributed by atoms with Crippen LogP contribution in [-0.2, 0) is 14.3 Å². The molecule has 138 valence electrons. The first-order valence-electron chi connectivity index (χ1n) is 7.75. The van der Waals surface area contributed by atoms with Crippen molar-refractivity contribution in [1.82, 2.24) is 10.2 Å². The molecule has 1 aromatic rings. The lowest BCUT2D eigenvalue weighted by Gasteiger charge is -2.26. The maximum atomic E-state index is 13.6. The minimum atomic E-state index is -0.590. The number of hydrogen-bond acceptors (Lipinski definition) is 4. The van der Waals surface area contributed by atoms with Crippen LogP contribution in [0.5, 0.6) is 0 Å². The van der Waals surface area contributed by atoms with E-state index in [1.807, 2.05) is 0 Å². The minimum absolute atomic E-state index is 0.00281. The van der Waals surface area contributed by atoms with E-state index >= 15 is 0 Å². The third-order valence-electron chi connectivity index (χ3n) is 3.71. The van der Waals surface area contributed by atoms with Gasteiger partial charge in [-0.25, -0.2) is 4.39 Å². The summed E-state index contributed by atoms with van der Waals surface area (Å²) in [7, 11) is 0. The number of morpholine rings is 1. The Labute approximate surface area is 160 Å². The Morgan fingerprint density at radius 3 is 2.64 bits per heavy atom. The first-order valence-corrected chi connectivity index (χ1v) is 9.66. The molecule has 0 aromatic heterocycles. The van der Waals surface area contributed by atoms with E-state index in [-0.39, 0.29) is 33.4 Å². The summed E-state index contributed by atoms with van der Waals surface area (Å²) in [5.74, 6) is -0.477. The number of ether oxygens (including phenoxy) is 1. The molecule has 2 rings (SSSR count). The van der Waals surface area contributed by atoms with Crippen molar-refractivity contribution in [1.29, 1.82) is 0 Å². The van der Waals surface area contributed by atoms with E-state index in [2.05, 4.69) is 5.32 Å². The molecule has 1 heterocycles. The van der Waals surface area contributed by atoms with Gasteiger partial charge < -0.3 is 15.0 Å². The van der Waals surface area contributed by atoms with E-state index in [0.717, 1.165) is 0 Å². The van der Waals surface area contributed by atoms with Crippen LogP contribution in [0.4, 0.5) is 4.39 Å². The summed E-state index contributed by atoms with van der Waals surface area (Å²) in [5, 5.41) is 2.96. The largest absolute Gasteiger partial charge is 0.378 e. The lowest BCUT2D eigenvalue weighted by molar-refractivity contribution is -0.132. The van der Waals surface area contributed by atoms with E-state index in [1.165, 1.54) is 23.9 Å². The molecular weight excluding hydrogens is 390 g/mol. The number of halogens is 3. The minimum Gasteiger partial charge on any atom is -0.378 e. The number of carbonyl (C=O) groups is 2. The van der Waals surface area contributed by atoms with E-state index in [0.29, 0.717) is 31.9 Å². The summed E-state index contributed by atoms with van der Waals surface area (Å²) in [6.07, 6.45) is 0. The average Bonchev–Trinajstić information content (AvgIpc) is 2.58. The molecule has 1 aliphatic heterocycles. The maximum absolute atomic E-state index is 13.6. The van der Waals surface area contributed by atoms with Crippen LogP contribution in [-0.4, -0.2) is 54.5 Å². The molecule has 1 unspecified atom stereocenters. The lowest BCUT2D eigenvalue weighted by Crippen LogP contribution is -2.41. The van der Waals surface area contributed by atoms with E-state index in [4.69, 9.17) is 27.9 Å². The molecule has 1 atom stereocenters. The third-order valence-corrected chi connectivity index (χ3v) is 5.24. The second kappa shape index (κ2) is 9.62. The average molecular weight is 409 g/mol. The van der Waals surface area contributed by atoms with Gasteiger partial charge in [-0.05, 0) is 24.6 Å². The summed E-state index contributed by atoms with van der Waals surface area (Å²) in [5.41, 5.74) is 0.450. The molecule has 0 radical (unpaired) electrons. The van der Waals surface area contributed by atoms with Gasteiger partial charge in [-0.15, -0.1) is 11.8 Å². The number of hydrogen-bond donors (Lipinski definition) is 1. The van der Waals surface area contributed by atoms with Crippen LogP contribution >= 0.6 is 35.0 Å². The standard InChI is InChI=1S/C16H19Cl2FN2O3S/c1-10(11-6-14(19)13(18)7-12(11)17)20-15(22)8-25-9-16(23)21-2-4-24-5-3-21/h6-7,10H,2-5,8-9H2,1H3,(H,20,22). The Morgan fingerprint density at radius 2 is 1.96 bits per heavy atom. The number of thioether (sulfide) groups is 1. The second-order valence-corrected chi connectivity index (χ2v) is 7.36. The van der Waals surface area contributed by atoms with Crippen LogP contribution < -0.4 is 5.32 Å². The maximum Gasteiger partial charge on any atom is 0.232 e. The molecule has 1 saturated heterocycles. The van der Waals surface area contributed by atoms with Crippen LogP contribution in [0.25, 0.3) is 0 Å². The van der Waals surface area contributed by atoms with Gasteiger partial charge in [-0.3, -0.25) is 9.59 Å². The van der Waals surface area contributed by atoms with Crippen LogP contribution in [0.1, 0.15) is 18.5 Å². The zero-order valence-electron chi connectivity index (χ0n) is 13.7. The van der Waals surface area contributed by atoms with Crippen molar-refractivity contribution < 1.29 is 18.7 Å². The predicted octanol–water partition coefficient (Wildman–Crippen LogP) is 2.90. The van der Waals surface area contributed by atoms with Gasteiger partial charge in [0.15, 0.2) is 0 Å². The molecule has 1 aromatic carbocycles. The van der Waals surface area contributed by atoms with Crippen molar-refractivity contribution in [2.75, 3.05) is 37.8 Å². The fraction of sp³-hybridized carbons (Fsp3) is 0.500. The highest BCUT2D eigenvalue weighted by atomic mass is 35.5. The monoisotopic (exact) mass is 408 g/mol. The topological polar surface area (TPSA) is 58.6 Å². The molecule has 2 amide bonds. The number of benzene rings is 1. The molecule has 9 heteroatoms. The Balaban J connectivity index is 1.78. The number of nitrogens with one attached hydrogen (secondary N) is 1. The van der Waals surface area contributed by atoms with Crippen molar-refractivity contribution in [3.63, 3.8) is 0 Å². The fourth-order valence-electron chi connectivity index (χ4n) is 2.37. The lowest BCUT2D eigenvalue weighted by atomic mass is 10.1. The van der Waals surface area contributed by atoms with Gasteiger partial charge in [0.05, 0.1) is 35.8 Å². The normalized spacial score (nSPS) is 15.8. The SMILES string of the molecule is CC(NC(=O)CSCC(=O)N1CCOCC1)c1cc(F)c(Cl)cc1Cl. The first kappa shape index (κ1) is 20.3. The molecule has 1 aliphatic rings. The highest BCUT2D eigenvalue weighted by Gasteiger charge is 2.18. The third kappa shape index (κ3) is 6.02. The Morgan fingerprint density at radius 1 is 1.28 bits per heavy atom. The Hall–Kier alpha value is -1.02. The van der Waals surface area contributed by atoms with Crippen LogP contribution in [0, 0.1) is 5.82 Å². The summed E-state index contributed by atoms with van der Waals surface area (Å²) in [6, 6.07) is 2.05. The van der Waals surface area contributed by atoms with Crippen molar-refractivity contribution in [3.8, 4) is 0 Å². The molecular formula is C16H19Cl2FN2O3S. The number of rotatable bonds is 6. The van der Waals surface area contributed by atoms with Gasteiger partial charge >= 0.3 is 0 Å². The highest BCUT2D eigenvalue weighted by Crippen LogP contribution is 2.28. The summed E-state index contributed by atoms with van der Waals surface area (Å²) >= 11 is 12.9. The van der Waals surface area contributed by atoms with E-state index in [9.17, 15) is 14.0 Å². The first-order chi connectivity index (χ1) is 11.9. The van der Waals surface area contributed by atoms with Crippen molar-refractivity contribution in [2.24, 2.45) is 0 Å². The Kier molecular flexibility index (Phi) is 7.81. The van der Waals surface area contributed by atoms with Gasteiger partial charge in [-0.1, -0.05) is 23.2 Å². The van der Waals surface area contributed by atoms with Crippen molar-refractivity contribution >= 4 is 46.8 Å². The summed E-state index contributed by atoms with van der Waals surface area (Å²) in [4.78, 5) is 25.7. The summed E-state index contributed by atoms with van der Waals surface area (Å²) in [6.45, 7) is 3.97. The number of carbonyl (C=O) groups excluding carboxylic acids is 2. The number of amides is 2. The molecule has 1 N–H and O–H groups in total. The van der Waals surface area contributed by atoms with E-state index < -0.39 is 11.9 Å². The molecule has 0 aliphatic carbocycles. The van der Waals surface area contributed by atoms with Gasteiger partial charge in [0.25, 0.3) is 0 Å². The van der Waals surface area contributed by atoms with E-state index in [1.54, 1.807) is 11.8 Å². The number of nitrogens with zero attached hydrogens (tertiary/aromatic N) is 1. The van der Waals surface area contributed by atoms with Crippen LogP contribution in [0.3, 0.4) is 0 Å². The molecule has 1 fully saturated rings. The van der Waals surface area contributed by atoms with Crippen LogP contribution in [0.2, 0.25) is 10.0 Å². The van der Waals surface area contributed by atoms with Gasteiger partial charge in [0.1, 0.15) is 5.82 Å². The van der Waals surface area contributed by atoms with Gasteiger partial charge in [-0.2, -0.15) is 0 Å². The quantitative estimate of drug-likeness (QED) is 0.735. The highest BCUT2D eigenvalue weighted by molar-refractivity contribution is 8.00. The zero-order chi connectivity index (χ0) is 18.4. The molecule has 0 spiro atoms. The van der Waals surface area contributed by atoms with Crippen molar-refractivity contribution in [2.45, 2.75) is 13.0 Å². The Bertz CT molecular complexity index is 642. The fourth-order valence-corrected chi connectivity index (χ4v) is 3.64. The predicted molar refractivity (Wildman–Crippen MR) is 97.7 cm³/mol. The van der Waals surface area contributed by atoms with Crippen LogP contribution in [0.15, 0.2) is 12.1 Å². The smallest absolute Gasteiger partial charge is 0.232 e. The van der Waals surface area contributed by atoms with Crippen molar-refractivity contribution in [3.05, 3.63) is 33.6 Å². The molecule has 0 bridgehead atoms.